The zero-order chi connectivity index (χ0) is 20.8. The summed E-state index contributed by atoms with van der Waals surface area (Å²) in [5.41, 5.74) is 1.20. The second-order valence-corrected chi connectivity index (χ2v) is 7.51. The summed E-state index contributed by atoms with van der Waals surface area (Å²) in [4.78, 5) is 17.0. The number of guanidine groups is 1. The topological polar surface area (TPSA) is 94.7 Å². The summed E-state index contributed by atoms with van der Waals surface area (Å²) in [5.74, 6) is 3.33. The summed E-state index contributed by atoms with van der Waals surface area (Å²) in [6.45, 7) is 5.92. The van der Waals surface area contributed by atoms with Crippen LogP contribution in [0.3, 0.4) is 0 Å². The zero-order valence-corrected chi connectivity index (χ0v) is 20.3. The molecule has 0 spiro atoms. The van der Waals surface area contributed by atoms with Crippen LogP contribution in [0.2, 0.25) is 0 Å². The van der Waals surface area contributed by atoms with Crippen LogP contribution in [-0.4, -0.2) is 46.7 Å². The molecule has 2 aliphatic heterocycles. The van der Waals surface area contributed by atoms with Crippen LogP contribution in [0.1, 0.15) is 37.6 Å². The summed E-state index contributed by atoms with van der Waals surface area (Å²) in [6.07, 6.45) is 4.71. The van der Waals surface area contributed by atoms with Gasteiger partial charge in [-0.3, -0.25) is 9.56 Å². The minimum atomic E-state index is 0. The van der Waals surface area contributed by atoms with Gasteiger partial charge in [0.2, 0.25) is 6.79 Å². The number of benzene rings is 1. The number of aliphatic imine (C=N–C) groups is 1. The van der Waals surface area contributed by atoms with Crippen LogP contribution in [0.25, 0.3) is 0 Å². The molecule has 0 atom stereocenters. The summed E-state index contributed by atoms with van der Waals surface area (Å²) in [6, 6.07) is 6.03. The Morgan fingerprint density at radius 1 is 1.23 bits per heavy atom. The molecule has 3 heterocycles. The van der Waals surface area contributed by atoms with E-state index in [2.05, 4.69) is 26.8 Å². The molecule has 2 aromatic rings. The van der Waals surface area contributed by atoms with E-state index in [9.17, 15) is 4.79 Å². The average Bonchev–Trinajstić information content (AvgIpc) is 3.35. The molecule has 1 aromatic carbocycles. The van der Waals surface area contributed by atoms with Crippen molar-refractivity contribution in [2.24, 2.45) is 4.99 Å². The van der Waals surface area contributed by atoms with E-state index in [-0.39, 0.29) is 29.7 Å². The molecule has 0 unspecified atom stereocenters. The molecular formula is C21H31IN6O3. The summed E-state index contributed by atoms with van der Waals surface area (Å²) in [5, 5.41) is 11.1. The first-order valence-electron chi connectivity index (χ1n) is 10.8. The van der Waals surface area contributed by atoms with E-state index in [1.807, 2.05) is 23.6 Å². The smallest absolute Gasteiger partial charge is 0.345 e. The van der Waals surface area contributed by atoms with Gasteiger partial charge in [-0.2, -0.15) is 5.10 Å². The fourth-order valence-electron chi connectivity index (χ4n) is 3.77. The molecule has 0 saturated heterocycles. The van der Waals surface area contributed by atoms with Crippen LogP contribution in [0.5, 0.6) is 11.5 Å². The van der Waals surface area contributed by atoms with Gasteiger partial charge in [-0.1, -0.05) is 6.07 Å². The number of halogens is 1. The molecule has 0 saturated carbocycles. The zero-order valence-electron chi connectivity index (χ0n) is 17.9. The lowest BCUT2D eigenvalue weighted by atomic mass is 10.1. The van der Waals surface area contributed by atoms with Crippen LogP contribution < -0.4 is 25.8 Å². The number of aryl methyl sites for hydroxylation is 2. The molecule has 2 N–H and O–H groups in total. The van der Waals surface area contributed by atoms with E-state index < -0.39 is 0 Å². The van der Waals surface area contributed by atoms with Gasteiger partial charge in [0.1, 0.15) is 5.82 Å². The Kier molecular flexibility index (Phi) is 8.61. The predicted molar refractivity (Wildman–Crippen MR) is 130 cm³/mol. The lowest BCUT2D eigenvalue weighted by Gasteiger charge is -2.11. The monoisotopic (exact) mass is 542 g/mol. The average molecular weight is 542 g/mol. The minimum Gasteiger partial charge on any atom is -0.454 e. The molecule has 4 rings (SSSR count). The molecule has 0 bridgehead atoms. The first kappa shape index (κ1) is 23.4. The highest BCUT2D eigenvalue weighted by Crippen LogP contribution is 2.32. The molecule has 0 fully saturated rings. The number of nitrogens with zero attached hydrogens (tertiary/aromatic N) is 4. The van der Waals surface area contributed by atoms with Crippen LogP contribution in [-0.2, 0) is 25.9 Å². The van der Waals surface area contributed by atoms with E-state index in [1.165, 1.54) is 5.56 Å². The lowest BCUT2D eigenvalue weighted by Crippen LogP contribution is -2.38. The van der Waals surface area contributed by atoms with E-state index in [4.69, 9.17) is 9.47 Å². The van der Waals surface area contributed by atoms with Gasteiger partial charge in [-0.05, 0) is 50.3 Å². The third kappa shape index (κ3) is 5.92. The van der Waals surface area contributed by atoms with Crippen molar-refractivity contribution in [2.75, 3.05) is 26.4 Å². The predicted octanol–water partition coefficient (Wildman–Crippen LogP) is 1.92. The molecule has 1 aromatic heterocycles. The van der Waals surface area contributed by atoms with Gasteiger partial charge < -0.3 is 20.1 Å². The number of aromatic nitrogens is 3. The number of hydrogen-bond donors (Lipinski definition) is 2. The van der Waals surface area contributed by atoms with Gasteiger partial charge in [0.05, 0.1) is 0 Å². The Morgan fingerprint density at radius 3 is 2.94 bits per heavy atom. The van der Waals surface area contributed by atoms with Gasteiger partial charge in [0, 0.05) is 39.1 Å². The summed E-state index contributed by atoms with van der Waals surface area (Å²) >= 11 is 0. The van der Waals surface area contributed by atoms with Crippen molar-refractivity contribution >= 4 is 29.9 Å². The van der Waals surface area contributed by atoms with E-state index >= 15 is 0 Å². The Labute approximate surface area is 199 Å². The third-order valence-electron chi connectivity index (χ3n) is 5.32. The van der Waals surface area contributed by atoms with Crippen LogP contribution in [0, 0.1) is 0 Å². The van der Waals surface area contributed by atoms with Crippen molar-refractivity contribution in [3.63, 3.8) is 0 Å². The Balaban J connectivity index is 0.00000272. The maximum Gasteiger partial charge on any atom is 0.345 e. The summed E-state index contributed by atoms with van der Waals surface area (Å²) < 4.78 is 14.2. The van der Waals surface area contributed by atoms with Crippen molar-refractivity contribution in [1.82, 2.24) is 25.0 Å². The van der Waals surface area contributed by atoms with Crippen molar-refractivity contribution in [1.29, 1.82) is 0 Å². The standard InChI is InChI=1S/C21H30N6O3.HI/c1-2-22-20(24-11-9-16-7-8-17-18(14-16)30-15-29-17)23-10-5-13-27-21(28)26-12-4-3-6-19(26)25-27;/h7-8,14H,2-6,9-13,15H2,1H3,(H2,22,23,24);1H. The molecule has 9 nitrogen and oxygen atoms in total. The van der Waals surface area contributed by atoms with Gasteiger partial charge >= 0.3 is 5.69 Å². The van der Waals surface area contributed by atoms with E-state index in [1.54, 1.807) is 4.68 Å². The fourth-order valence-corrected chi connectivity index (χ4v) is 3.77. The molecule has 2 aliphatic rings. The molecular weight excluding hydrogens is 511 g/mol. The van der Waals surface area contributed by atoms with Crippen molar-refractivity contribution in [3.05, 3.63) is 40.1 Å². The van der Waals surface area contributed by atoms with Crippen LogP contribution in [0.4, 0.5) is 0 Å². The van der Waals surface area contributed by atoms with Crippen molar-refractivity contribution in [3.8, 4) is 11.5 Å². The van der Waals surface area contributed by atoms with E-state index in [0.717, 1.165) is 75.0 Å². The maximum atomic E-state index is 12.4. The lowest BCUT2D eigenvalue weighted by molar-refractivity contribution is 0.174. The molecule has 0 amide bonds. The number of hydrogen-bond acceptors (Lipinski definition) is 5. The highest BCUT2D eigenvalue weighted by molar-refractivity contribution is 14.0. The van der Waals surface area contributed by atoms with Crippen molar-refractivity contribution < 1.29 is 9.47 Å². The first-order valence-corrected chi connectivity index (χ1v) is 10.8. The number of nitrogens with one attached hydrogen (secondary N) is 2. The maximum absolute atomic E-state index is 12.4. The second kappa shape index (κ2) is 11.4. The number of fused-ring (bicyclic) bond motifs is 2. The first-order chi connectivity index (χ1) is 14.7. The third-order valence-corrected chi connectivity index (χ3v) is 5.32. The normalized spacial score (nSPS) is 14.7. The molecule has 0 radical (unpaired) electrons. The molecule has 31 heavy (non-hydrogen) atoms. The summed E-state index contributed by atoms with van der Waals surface area (Å²) in [7, 11) is 0. The number of rotatable bonds is 8. The van der Waals surface area contributed by atoms with Gasteiger partial charge in [0.15, 0.2) is 17.5 Å². The Hall–Kier alpha value is -2.24. The molecule has 170 valence electrons. The van der Waals surface area contributed by atoms with E-state index in [0.29, 0.717) is 19.9 Å². The Bertz CT molecular complexity index is 955. The van der Waals surface area contributed by atoms with Crippen LogP contribution >= 0.6 is 24.0 Å². The van der Waals surface area contributed by atoms with Gasteiger partial charge in [-0.25, -0.2) is 9.48 Å². The molecule has 10 heteroatoms. The quantitative estimate of drug-likeness (QED) is 0.229. The Morgan fingerprint density at radius 2 is 2.10 bits per heavy atom. The molecule has 0 aliphatic carbocycles. The van der Waals surface area contributed by atoms with Gasteiger partial charge in [0.25, 0.3) is 0 Å². The SMILES string of the molecule is CCNC(=NCCCn1nc2n(c1=O)CCCC2)NCCc1ccc2c(c1)OCO2.I. The van der Waals surface area contributed by atoms with Crippen LogP contribution in [0.15, 0.2) is 28.0 Å². The van der Waals surface area contributed by atoms with Gasteiger partial charge in [-0.15, -0.1) is 24.0 Å². The number of ether oxygens (including phenoxy) is 2. The largest absolute Gasteiger partial charge is 0.454 e. The van der Waals surface area contributed by atoms with Crippen molar-refractivity contribution in [2.45, 2.75) is 52.1 Å². The minimum absolute atomic E-state index is 0. The second-order valence-electron chi connectivity index (χ2n) is 7.51. The fraction of sp³-hybridized carbons (Fsp3) is 0.571. The highest BCUT2D eigenvalue weighted by Gasteiger charge is 2.16. The highest BCUT2D eigenvalue weighted by atomic mass is 127.